The third-order valence-electron chi connectivity index (χ3n) is 3.33. The molecule has 0 spiro atoms. The fourth-order valence-electron chi connectivity index (χ4n) is 2.09. The molecule has 1 aliphatic heterocycles. The molecule has 2 N–H and O–H groups in total. The quantitative estimate of drug-likeness (QED) is 0.896. The van der Waals surface area contributed by atoms with Crippen molar-refractivity contribution in [2.45, 2.75) is 25.2 Å². The second-order valence-corrected chi connectivity index (χ2v) is 4.93. The number of amides is 1. The molecule has 2 rings (SSSR count). The Balaban J connectivity index is 1.96. The smallest absolute Gasteiger partial charge is 0.378 e. The zero-order chi connectivity index (χ0) is 15.5. The number of hydrogen-bond donors (Lipinski definition) is 2. The van der Waals surface area contributed by atoms with Crippen LogP contribution in [0.2, 0.25) is 0 Å². The van der Waals surface area contributed by atoms with Crippen LogP contribution in [0.15, 0.2) is 24.3 Å². The molecule has 0 saturated carbocycles. The third-order valence-corrected chi connectivity index (χ3v) is 3.33. The molecule has 1 saturated heterocycles. The van der Waals surface area contributed by atoms with Gasteiger partial charge in [-0.05, 0) is 24.6 Å². The van der Waals surface area contributed by atoms with Crippen molar-refractivity contribution in [3.05, 3.63) is 35.4 Å². The fraction of sp³-hybridized carbons (Fsp3) is 0.500. The maximum atomic E-state index is 12.5. The van der Waals surface area contributed by atoms with Crippen LogP contribution in [-0.4, -0.2) is 31.7 Å². The Morgan fingerprint density at radius 1 is 1.38 bits per heavy atom. The molecular weight excluding hydrogens is 285 g/mol. The Morgan fingerprint density at radius 2 is 2.05 bits per heavy atom. The molecule has 7 heteroatoms. The van der Waals surface area contributed by atoms with Crippen LogP contribution in [0.3, 0.4) is 0 Å². The standard InChI is InChI=1S/C14H17F3N2O2/c1-9(19-13(20)12-8-21-7-6-18-12)10-2-4-11(5-3-10)14(15,16)17/h2-5,9,12,18H,6-8H2,1H3,(H,19,20)/t9-,12-/m1/s1. The van der Waals surface area contributed by atoms with Crippen molar-refractivity contribution >= 4 is 5.91 Å². The number of rotatable bonds is 3. The van der Waals surface area contributed by atoms with E-state index in [4.69, 9.17) is 4.74 Å². The van der Waals surface area contributed by atoms with Crippen LogP contribution in [0, 0.1) is 0 Å². The van der Waals surface area contributed by atoms with Gasteiger partial charge in [-0.2, -0.15) is 13.2 Å². The molecule has 2 atom stereocenters. The minimum Gasteiger partial charge on any atom is -0.378 e. The largest absolute Gasteiger partial charge is 0.416 e. The van der Waals surface area contributed by atoms with Crippen molar-refractivity contribution < 1.29 is 22.7 Å². The number of carbonyl (C=O) groups excluding carboxylic acids is 1. The molecular formula is C14H17F3N2O2. The molecule has 0 unspecified atom stereocenters. The van der Waals surface area contributed by atoms with Gasteiger partial charge < -0.3 is 15.4 Å². The van der Waals surface area contributed by atoms with E-state index in [2.05, 4.69) is 10.6 Å². The van der Waals surface area contributed by atoms with Gasteiger partial charge in [0.25, 0.3) is 0 Å². The summed E-state index contributed by atoms with van der Waals surface area (Å²) in [5.41, 5.74) is -0.0831. The summed E-state index contributed by atoms with van der Waals surface area (Å²) >= 11 is 0. The van der Waals surface area contributed by atoms with Crippen molar-refractivity contribution in [1.29, 1.82) is 0 Å². The highest BCUT2D eigenvalue weighted by molar-refractivity contribution is 5.82. The number of ether oxygens (including phenoxy) is 1. The fourth-order valence-corrected chi connectivity index (χ4v) is 2.09. The summed E-state index contributed by atoms with van der Waals surface area (Å²) in [6, 6.07) is 3.98. The van der Waals surface area contributed by atoms with E-state index in [1.165, 1.54) is 12.1 Å². The highest BCUT2D eigenvalue weighted by atomic mass is 19.4. The van der Waals surface area contributed by atoms with Gasteiger partial charge in [0, 0.05) is 6.54 Å². The lowest BCUT2D eigenvalue weighted by Crippen LogP contribution is -2.51. The Kier molecular flexibility index (Phi) is 4.84. The molecule has 1 fully saturated rings. The van der Waals surface area contributed by atoms with Crippen molar-refractivity contribution in [3.8, 4) is 0 Å². The molecule has 116 valence electrons. The molecule has 0 aliphatic carbocycles. The summed E-state index contributed by atoms with van der Waals surface area (Å²) in [5.74, 6) is -0.220. The highest BCUT2D eigenvalue weighted by Gasteiger charge is 2.30. The van der Waals surface area contributed by atoms with E-state index in [1.807, 2.05) is 0 Å². The molecule has 1 aromatic rings. The maximum absolute atomic E-state index is 12.5. The minimum atomic E-state index is -4.35. The first-order valence-electron chi connectivity index (χ1n) is 6.66. The van der Waals surface area contributed by atoms with Gasteiger partial charge in [-0.1, -0.05) is 12.1 Å². The van der Waals surface area contributed by atoms with Gasteiger partial charge in [0.1, 0.15) is 6.04 Å². The van der Waals surface area contributed by atoms with E-state index in [0.29, 0.717) is 25.3 Å². The number of alkyl halides is 3. The van der Waals surface area contributed by atoms with Gasteiger partial charge in [0.2, 0.25) is 5.91 Å². The molecule has 0 bridgehead atoms. The summed E-state index contributed by atoms with van der Waals surface area (Å²) in [5, 5.41) is 5.78. The van der Waals surface area contributed by atoms with Crippen molar-refractivity contribution in [2.24, 2.45) is 0 Å². The van der Waals surface area contributed by atoms with E-state index in [1.54, 1.807) is 6.92 Å². The van der Waals surface area contributed by atoms with Crippen LogP contribution in [-0.2, 0) is 15.7 Å². The monoisotopic (exact) mass is 302 g/mol. The van der Waals surface area contributed by atoms with E-state index in [-0.39, 0.29) is 11.9 Å². The third kappa shape index (κ3) is 4.18. The average molecular weight is 302 g/mol. The number of nitrogens with one attached hydrogen (secondary N) is 2. The Hall–Kier alpha value is -1.60. The van der Waals surface area contributed by atoms with Crippen LogP contribution in [0.25, 0.3) is 0 Å². The van der Waals surface area contributed by atoms with Crippen molar-refractivity contribution in [1.82, 2.24) is 10.6 Å². The van der Waals surface area contributed by atoms with Gasteiger partial charge in [0.15, 0.2) is 0 Å². The van der Waals surface area contributed by atoms with E-state index in [9.17, 15) is 18.0 Å². The predicted molar refractivity (Wildman–Crippen MR) is 70.6 cm³/mol. The normalized spacial score (nSPS) is 20.9. The van der Waals surface area contributed by atoms with Gasteiger partial charge in [-0.25, -0.2) is 0 Å². The molecule has 0 aromatic heterocycles. The van der Waals surface area contributed by atoms with Crippen LogP contribution in [0.5, 0.6) is 0 Å². The molecule has 21 heavy (non-hydrogen) atoms. The topological polar surface area (TPSA) is 50.4 Å². The molecule has 1 amide bonds. The summed E-state index contributed by atoms with van der Waals surface area (Å²) in [6.07, 6.45) is -4.35. The Labute approximate surface area is 120 Å². The second kappa shape index (κ2) is 6.44. The number of benzene rings is 1. The van der Waals surface area contributed by atoms with Crippen molar-refractivity contribution in [2.75, 3.05) is 19.8 Å². The first-order valence-corrected chi connectivity index (χ1v) is 6.66. The van der Waals surface area contributed by atoms with Crippen LogP contribution < -0.4 is 10.6 Å². The Morgan fingerprint density at radius 3 is 2.57 bits per heavy atom. The lowest BCUT2D eigenvalue weighted by Gasteiger charge is -2.25. The van der Waals surface area contributed by atoms with Gasteiger partial charge >= 0.3 is 6.18 Å². The SMILES string of the molecule is C[C@@H](NC(=O)[C@H]1COCCN1)c1ccc(C(F)(F)F)cc1. The first kappa shape index (κ1) is 15.8. The van der Waals surface area contributed by atoms with Crippen LogP contribution >= 0.6 is 0 Å². The first-order chi connectivity index (χ1) is 9.88. The molecule has 1 heterocycles. The van der Waals surface area contributed by atoms with E-state index >= 15 is 0 Å². The maximum Gasteiger partial charge on any atom is 0.416 e. The van der Waals surface area contributed by atoms with Gasteiger partial charge in [0.05, 0.1) is 24.8 Å². The lowest BCUT2D eigenvalue weighted by atomic mass is 10.1. The molecule has 1 aliphatic rings. The lowest BCUT2D eigenvalue weighted by molar-refractivity contribution is -0.137. The minimum absolute atomic E-state index is 0.220. The Bertz CT molecular complexity index is 482. The summed E-state index contributed by atoms with van der Waals surface area (Å²) in [4.78, 5) is 12.0. The van der Waals surface area contributed by atoms with E-state index in [0.717, 1.165) is 12.1 Å². The zero-order valence-electron chi connectivity index (χ0n) is 11.5. The molecule has 1 aromatic carbocycles. The zero-order valence-corrected chi connectivity index (χ0v) is 11.5. The molecule has 0 radical (unpaired) electrons. The van der Waals surface area contributed by atoms with Crippen molar-refractivity contribution in [3.63, 3.8) is 0 Å². The van der Waals surface area contributed by atoms with E-state index < -0.39 is 17.8 Å². The number of halogens is 3. The number of carbonyl (C=O) groups is 1. The summed E-state index contributed by atoms with van der Waals surface area (Å²) < 4.78 is 42.6. The average Bonchev–Trinajstić information content (AvgIpc) is 2.47. The second-order valence-electron chi connectivity index (χ2n) is 4.93. The molecule has 4 nitrogen and oxygen atoms in total. The van der Waals surface area contributed by atoms with Gasteiger partial charge in [-0.15, -0.1) is 0 Å². The predicted octanol–water partition coefficient (Wildman–Crippen LogP) is 1.87. The summed E-state index contributed by atoms with van der Waals surface area (Å²) in [7, 11) is 0. The number of morpholine rings is 1. The number of hydrogen-bond acceptors (Lipinski definition) is 3. The van der Waals surface area contributed by atoms with Gasteiger partial charge in [-0.3, -0.25) is 4.79 Å². The summed E-state index contributed by atoms with van der Waals surface area (Å²) in [6.45, 7) is 3.20. The van der Waals surface area contributed by atoms with Crippen LogP contribution in [0.4, 0.5) is 13.2 Å². The highest BCUT2D eigenvalue weighted by Crippen LogP contribution is 2.29. The van der Waals surface area contributed by atoms with Crippen LogP contribution in [0.1, 0.15) is 24.1 Å².